The fourth-order valence-corrected chi connectivity index (χ4v) is 3.23. The molecule has 0 bridgehead atoms. The number of rotatable bonds is 6. The molecule has 0 radical (unpaired) electrons. The first-order valence-corrected chi connectivity index (χ1v) is 9.59. The van der Waals surface area contributed by atoms with Crippen molar-refractivity contribution in [3.8, 4) is 11.4 Å². The molecule has 1 N–H and O–H groups in total. The number of carbonyl (C=O) groups excluding carboxylic acids is 2. The monoisotopic (exact) mass is 407 g/mol. The Balaban J connectivity index is 1.74. The van der Waals surface area contributed by atoms with Crippen LogP contribution >= 0.6 is 0 Å². The fraction of sp³-hybridized carbons (Fsp3) is 0.261. The van der Waals surface area contributed by atoms with E-state index in [1.807, 2.05) is 63.2 Å². The summed E-state index contributed by atoms with van der Waals surface area (Å²) in [6.07, 6.45) is 0.583. The second-order valence-electron chi connectivity index (χ2n) is 7.14. The highest BCUT2D eigenvalue weighted by atomic mass is 16.6. The Morgan fingerprint density at radius 1 is 1.07 bits per heavy atom. The van der Waals surface area contributed by atoms with Crippen molar-refractivity contribution in [2.75, 3.05) is 12.4 Å². The van der Waals surface area contributed by atoms with Crippen LogP contribution in [0.5, 0.6) is 5.75 Å². The molecule has 30 heavy (non-hydrogen) atoms. The zero-order valence-corrected chi connectivity index (χ0v) is 17.7. The Morgan fingerprint density at radius 2 is 1.70 bits per heavy atom. The number of esters is 1. The number of anilines is 1. The Labute approximate surface area is 175 Å². The first kappa shape index (κ1) is 21.1. The van der Waals surface area contributed by atoms with Crippen molar-refractivity contribution in [1.82, 2.24) is 9.78 Å². The van der Waals surface area contributed by atoms with Crippen LogP contribution in [0.1, 0.15) is 34.1 Å². The maximum Gasteiger partial charge on any atom is 0.363 e. The summed E-state index contributed by atoms with van der Waals surface area (Å²) in [5.41, 5.74) is 4.50. The van der Waals surface area contributed by atoms with E-state index in [2.05, 4.69) is 10.4 Å². The molecule has 1 atom stereocenters. The number of nitrogens with one attached hydrogen (secondary N) is 1. The zero-order valence-electron chi connectivity index (χ0n) is 17.7. The van der Waals surface area contributed by atoms with Crippen LogP contribution in [0.2, 0.25) is 0 Å². The van der Waals surface area contributed by atoms with E-state index in [1.165, 1.54) is 18.7 Å². The van der Waals surface area contributed by atoms with Gasteiger partial charge in [-0.2, -0.15) is 5.10 Å². The molecule has 3 aromatic rings. The van der Waals surface area contributed by atoms with Crippen molar-refractivity contribution in [1.29, 1.82) is 0 Å². The van der Waals surface area contributed by atoms with E-state index in [-0.39, 0.29) is 11.4 Å². The minimum Gasteiger partial charge on any atom is -0.493 e. The number of aryl methyl sites for hydroxylation is 3. The largest absolute Gasteiger partial charge is 0.493 e. The first-order valence-electron chi connectivity index (χ1n) is 9.59. The second-order valence-corrected chi connectivity index (χ2v) is 7.14. The van der Waals surface area contributed by atoms with Gasteiger partial charge in [-0.3, -0.25) is 4.79 Å². The third kappa shape index (κ3) is 4.51. The summed E-state index contributed by atoms with van der Waals surface area (Å²) >= 11 is 0. The van der Waals surface area contributed by atoms with Gasteiger partial charge in [-0.05, 0) is 51.0 Å². The average Bonchev–Trinajstić information content (AvgIpc) is 3.15. The summed E-state index contributed by atoms with van der Waals surface area (Å²) in [6.45, 7) is 7.37. The molecule has 0 unspecified atom stereocenters. The molecule has 0 saturated carbocycles. The Kier molecular flexibility index (Phi) is 6.20. The highest BCUT2D eigenvalue weighted by Crippen LogP contribution is 2.23. The summed E-state index contributed by atoms with van der Waals surface area (Å²) in [7, 11) is 1.45. The van der Waals surface area contributed by atoms with Crippen molar-refractivity contribution >= 4 is 17.6 Å². The molecule has 156 valence electrons. The van der Waals surface area contributed by atoms with Crippen LogP contribution in [0.3, 0.4) is 0 Å². The van der Waals surface area contributed by atoms with Crippen molar-refractivity contribution in [3.63, 3.8) is 0 Å². The van der Waals surface area contributed by atoms with Gasteiger partial charge in [0.25, 0.3) is 5.91 Å². The van der Waals surface area contributed by atoms with E-state index in [4.69, 9.17) is 9.47 Å². The van der Waals surface area contributed by atoms with E-state index in [1.54, 1.807) is 6.20 Å². The number of aromatic nitrogens is 2. The SMILES string of the molecule is COc1cn(-c2ccccc2)nc1C(=O)O[C@@H](C)C(=O)Nc1c(C)cc(C)cc1C. The minimum atomic E-state index is -1.01. The predicted octanol–water partition coefficient (Wildman–Crippen LogP) is 3.99. The normalized spacial score (nSPS) is 11.6. The number of para-hydroxylation sites is 1. The molecule has 1 amide bonds. The number of benzene rings is 2. The zero-order chi connectivity index (χ0) is 21.8. The van der Waals surface area contributed by atoms with Crippen LogP contribution in [-0.2, 0) is 9.53 Å². The summed E-state index contributed by atoms with van der Waals surface area (Å²) in [5, 5.41) is 7.12. The van der Waals surface area contributed by atoms with Gasteiger partial charge in [-0.25, -0.2) is 9.48 Å². The molecule has 7 nitrogen and oxygen atoms in total. The molecule has 7 heteroatoms. The Hall–Kier alpha value is -3.61. The lowest BCUT2D eigenvalue weighted by atomic mass is 10.0. The molecule has 0 saturated heterocycles. The number of nitrogens with zero attached hydrogens (tertiary/aromatic N) is 2. The van der Waals surface area contributed by atoms with Crippen molar-refractivity contribution in [2.45, 2.75) is 33.8 Å². The van der Waals surface area contributed by atoms with Gasteiger partial charge in [0.05, 0.1) is 19.0 Å². The average molecular weight is 407 g/mol. The van der Waals surface area contributed by atoms with Crippen LogP contribution in [0.4, 0.5) is 5.69 Å². The maximum atomic E-state index is 12.7. The lowest BCUT2D eigenvalue weighted by molar-refractivity contribution is -0.123. The topological polar surface area (TPSA) is 82.5 Å². The second kappa shape index (κ2) is 8.82. The van der Waals surface area contributed by atoms with E-state index in [0.29, 0.717) is 0 Å². The number of amides is 1. The lowest BCUT2D eigenvalue weighted by Crippen LogP contribution is -2.30. The number of hydrogen-bond acceptors (Lipinski definition) is 5. The molecule has 0 spiro atoms. The molecule has 0 aliphatic rings. The molecule has 1 aromatic heterocycles. The van der Waals surface area contributed by atoms with Gasteiger partial charge in [0, 0.05) is 5.69 Å². The van der Waals surface area contributed by atoms with Gasteiger partial charge < -0.3 is 14.8 Å². The highest BCUT2D eigenvalue weighted by molar-refractivity contribution is 5.98. The van der Waals surface area contributed by atoms with Crippen LogP contribution in [-0.4, -0.2) is 34.9 Å². The van der Waals surface area contributed by atoms with Crippen LogP contribution in [0.15, 0.2) is 48.7 Å². The van der Waals surface area contributed by atoms with Gasteiger partial charge in [0.15, 0.2) is 11.9 Å². The fourth-order valence-electron chi connectivity index (χ4n) is 3.23. The molecule has 1 heterocycles. The summed E-state index contributed by atoms with van der Waals surface area (Å²) < 4.78 is 12.2. The van der Waals surface area contributed by atoms with Gasteiger partial charge in [-0.1, -0.05) is 35.9 Å². The van der Waals surface area contributed by atoms with Crippen LogP contribution in [0, 0.1) is 20.8 Å². The summed E-state index contributed by atoms with van der Waals surface area (Å²) in [6, 6.07) is 13.3. The molecule has 0 aliphatic carbocycles. The van der Waals surface area contributed by atoms with Gasteiger partial charge in [0.1, 0.15) is 0 Å². The molecular formula is C23H25N3O4. The third-order valence-electron chi connectivity index (χ3n) is 4.69. The number of methoxy groups -OCH3 is 1. The molecule has 0 aliphatic heterocycles. The van der Waals surface area contributed by atoms with Crippen molar-refractivity contribution in [2.24, 2.45) is 0 Å². The summed E-state index contributed by atoms with van der Waals surface area (Å²) in [5.74, 6) is -0.886. The van der Waals surface area contributed by atoms with Gasteiger partial charge in [0.2, 0.25) is 5.69 Å². The third-order valence-corrected chi connectivity index (χ3v) is 4.69. The molecule has 2 aromatic carbocycles. The van der Waals surface area contributed by atoms with Crippen molar-refractivity contribution in [3.05, 3.63) is 71.0 Å². The van der Waals surface area contributed by atoms with Crippen molar-refractivity contribution < 1.29 is 19.1 Å². The Morgan fingerprint density at radius 3 is 2.30 bits per heavy atom. The number of ether oxygens (including phenoxy) is 2. The van der Waals surface area contributed by atoms with Crippen LogP contribution in [0.25, 0.3) is 5.69 Å². The van der Waals surface area contributed by atoms with E-state index >= 15 is 0 Å². The molecule has 3 rings (SSSR count). The van der Waals surface area contributed by atoms with E-state index in [0.717, 1.165) is 28.1 Å². The number of hydrogen-bond donors (Lipinski definition) is 1. The molecule has 0 fully saturated rings. The maximum absolute atomic E-state index is 12.7. The van der Waals surface area contributed by atoms with Crippen LogP contribution < -0.4 is 10.1 Å². The smallest absolute Gasteiger partial charge is 0.363 e. The van der Waals surface area contributed by atoms with E-state index < -0.39 is 18.0 Å². The first-order chi connectivity index (χ1) is 14.3. The quantitative estimate of drug-likeness (QED) is 0.625. The van der Waals surface area contributed by atoms with E-state index in [9.17, 15) is 9.59 Å². The Bertz CT molecular complexity index is 1050. The summed E-state index contributed by atoms with van der Waals surface area (Å²) in [4.78, 5) is 25.3. The standard InChI is InChI=1S/C23H25N3O4/c1-14-11-15(2)20(16(3)12-14)24-22(27)17(4)30-23(28)21-19(29-5)13-26(25-21)18-9-7-6-8-10-18/h6-13,17H,1-5H3,(H,24,27)/t17-/m0/s1. The van der Waals surface area contributed by atoms with Gasteiger partial charge >= 0.3 is 5.97 Å². The lowest BCUT2D eigenvalue weighted by Gasteiger charge is -2.16. The number of carbonyl (C=O) groups is 2. The highest BCUT2D eigenvalue weighted by Gasteiger charge is 2.25. The van der Waals surface area contributed by atoms with Gasteiger partial charge in [-0.15, -0.1) is 0 Å². The molecular weight excluding hydrogens is 382 g/mol. The predicted molar refractivity (Wildman–Crippen MR) is 114 cm³/mol. The minimum absolute atomic E-state index is 0.00343.